The van der Waals surface area contributed by atoms with Gasteiger partial charge in [-0.1, -0.05) is 48.5 Å². The lowest BCUT2D eigenvalue weighted by molar-refractivity contribution is -0.179. The summed E-state index contributed by atoms with van der Waals surface area (Å²) in [5.41, 5.74) is -1.57. The van der Waals surface area contributed by atoms with Crippen LogP contribution in [0.5, 0.6) is 0 Å². The molecule has 0 radical (unpaired) electrons. The molecular formula is C21H44O5Si2. The zero-order chi connectivity index (χ0) is 22.3. The number of esters is 1. The summed E-state index contributed by atoms with van der Waals surface area (Å²) in [6.07, 6.45) is 0.0251. The van der Waals surface area contributed by atoms with E-state index in [-0.39, 0.29) is 41.0 Å². The summed E-state index contributed by atoms with van der Waals surface area (Å²) in [6, 6.07) is 0. The Kier molecular flexibility index (Phi) is 7.50. The summed E-state index contributed by atoms with van der Waals surface area (Å²) in [6.45, 7) is 24.1. The van der Waals surface area contributed by atoms with Crippen LogP contribution in [0.1, 0.15) is 61.3 Å². The van der Waals surface area contributed by atoms with Crippen LogP contribution >= 0.6 is 0 Å². The quantitative estimate of drug-likeness (QED) is 0.483. The van der Waals surface area contributed by atoms with Gasteiger partial charge in [0.05, 0.1) is 19.3 Å². The number of aliphatic hydroxyl groups is 1. The summed E-state index contributed by atoms with van der Waals surface area (Å²) in [4.78, 5) is 12.5. The third-order valence-corrected chi connectivity index (χ3v) is 16.3. The van der Waals surface area contributed by atoms with Gasteiger partial charge >= 0.3 is 5.97 Å². The van der Waals surface area contributed by atoms with Gasteiger partial charge in [-0.2, -0.15) is 0 Å². The van der Waals surface area contributed by atoms with Gasteiger partial charge in [-0.05, 0) is 36.3 Å². The number of carbonyl (C=O) groups is 1. The molecule has 7 heteroatoms. The molecule has 2 unspecified atom stereocenters. The molecular weight excluding hydrogens is 388 g/mol. The van der Waals surface area contributed by atoms with E-state index in [0.29, 0.717) is 0 Å². The highest BCUT2D eigenvalue weighted by Gasteiger charge is 2.54. The van der Waals surface area contributed by atoms with Crippen molar-refractivity contribution in [2.45, 2.75) is 115 Å². The Morgan fingerprint density at radius 2 is 1.21 bits per heavy atom. The molecule has 1 N–H and O–H groups in total. The average Bonchev–Trinajstić information content (AvgIpc) is 2.48. The van der Waals surface area contributed by atoms with Crippen molar-refractivity contribution < 1.29 is 23.5 Å². The van der Waals surface area contributed by atoms with Gasteiger partial charge in [-0.25, -0.2) is 4.79 Å². The first-order chi connectivity index (χ1) is 12.3. The zero-order valence-electron chi connectivity index (χ0n) is 20.2. The van der Waals surface area contributed by atoms with Crippen LogP contribution in [-0.4, -0.2) is 52.6 Å². The fourth-order valence-electron chi connectivity index (χ4n) is 3.13. The Hall–Kier alpha value is -0.216. The van der Waals surface area contributed by atoms with Crippen LogP contribution in [0.25, 0.3) is 0 Å². The lowest BCUT2D eigenvalue weighted by Crippen LogP contribution is -2.59. The normalized spacial score (nSPS) is 30.2. The molecule has 1 aliphatic carbocycles. The third kappa shape index (κ3) is 5.47. The highest BCUT2D eigenvalue weighted by molar-refractivity contribution is 6.74. The molecule has 0 aromatic carbocycles. The number of rotatable bonds is 5. The summed E-state index contributed by atoms with van der Waals surface area (Å²) in [5, 5.41) is 11.3. The molecule has 0 spiro atoms. The molecule has 5 nitrogen and oxygen atoms in total. The van der Waals surface area contributed by atoms with Crippen molar-refractivity contribution in [2.24, 2.45) is 5.92 Å². The molecule has 1 aliphatic rings. The Balaban J connectivity index is 3.25. The second kappa shape index (κ2) is 8.14. The van der Waals surface area contributed by atoms with Gasteiger partial charge < -0.3 is 18.7 Å². The van der Waals surface area contributed by atoms with Crippen LogP contribution in [0.15, 0.2) is 0 Å². The van der Waals surface area contributed by atoms with Crippen molar-refractivity contribution in [3.63, 3.8) is 0 Å². The van der Waals surface area contributed by atoms with Crippen molar-refractivity contribution in [1.82, 2.24) is 0 Å². The molecule has 1 fully saturated rings. The summed E-state index contributed by atoms with van der Waals surface area (Å²) >= 11 is 0. The molecule has 0 bridgehead atoms. The fraction of sp³-hybridized carbons (Fsp3) is 0.952. The van der Waals surface area contributed by atoms with E-state index in [1.165, 1.54) is 7.11 Å². The Bertz CT molecular complexity index is 522. The van der Waals surface area contributed by atoms with E-state index in [4.69, 9.17) is 13.6 Å². The Morgan fingerprint density at radius 3 is 1.46 bits per heavy atom. The standard InChI is InChI=1S/C21H44O5Si2/c1-15-16(25-27(9,10)19(2,3)4)13-21(23,18(22)24-8)14-17(15)26-28(11,12)20(5,6)7/h15-17,23H,13-14H2,1-12H3/t15?,16-,17+,21?. The average molecular weight is 433 g/mol. The molecule has 1 rings (SSSR count). The molecule has 0 saturated heterocycles. The zero-order valence-corrected chi connectivity index (χ0v) is 22.2. The SMILES string of the molecule is COC(=O)C1(O)C[C@H](O[Si](C)(C)C(C)(C)C)C(C)[C@H](O[Si](C)(C)C(C)(C)C)C1. The van der Waals surface area contributed by atoms with Crippen LogP contribution in [0.4, 0.5) is 0 Å². The van der Waals surface area contributed by atoms with Gasteiger partial charge in [0.1, 0.15) is 0 Å². The van der Waals surface area contributed by atoms with Gasteiger partial charge in [0.2, 0.25) is 0 Å². The maximum atomic E-state index is 12.5. The molecule has 0 aliphatic heterocycles. The Labute approximate surface area is 174 Å². The monoisotopic (exact) mass is 432 g/mol. The fourth-order valence-corrected chi connectivity index (χ4v) is 5.94. The molecule has 166 valence electrons. The van der Waals surface area contributed by atoms with Crippen molar-refractivity contribution in [3.8, 4) is 0 Å². The van der Waals surface area contributed by atoms with Gasteiger partial charge in [0, 0.05) is 18.8 Å². The van der Waals surface area contributed by atoms with E-state index < -0.39 is 28.2 Å². The first kappa shape index (κ1) is 25.8. The van der Waals surface area contributed by atoms with Gasteiger partial charge in [0.15, 0.2) is 22.2 Å². The second-order valence-corrected chi connectivity index (χ2v) is 21.1. The smallest absolute Gasteiger partial charge is 0.338 e. The summed E-state index contributed by atoms with van der Waals surface area (Å²) in [5.74, 6) is -0.500. The molecule has 1 saturated carbocycles. The maximum absolute atomic E-state index is 12.5. The number of carbonyl (C=O) groups excluding carboxylic acids is 1. The van der Waals surface area contributed by atoms with E-state index in [9.17, 15) is 9.90 Å². The predicted octanol–water partition coefficient (Wildman–Crippen LogP) is 5.10. The first-order valence-corrected chi connectivity index (χ1v) is 16.3. The second-order valence-electron chi connectivity index (χ2n) is 11.6. The summed E-state index contributed by atoms with van der Waals surface area (Å²) < 4.78 is 18.3. The van der Waals surface area contributed by atoms with E-state index in [2.05, 4.69) is 74.7 Å². The van der Waals surface area contributed by atoms with Crippen molar-refractivity contribution >= 4 is 22.6 Å². The molecule has 0 heterocycles. The molecule has 28 heavy (non-hydrogen) atoms. The summed E-state index contributed by atoms with van der Waals surface area (Å²) in [7, 11) is -2.82. The Morgan fingerprint density at radius 1 is 0.893 bits per heavy atom. The topological polar surface area (TPSA) is 65.0 Å². The molecule has 0 aromatic rings. The maximum Gasteiger partial charge on any atom is 0.338 e. The molecule has 0 aromatic heterocycles. The highest BCUT2D eigenvalue weighted by Crippen LogP contribution is 2.45. The van der Waals surface area contributed by atoms with Crippen LogP contribution in [0.3, 0.4) is 0 Å². The van der Waals surface area contributed by atoms with Crippen LogP contribution in [0.2, 0.25) is 36.3 Å². The van der Waals surface area contributed by atoms with Crippen molar-refractivity contribution in [1.29, 1.82) is 0 Å². The minimum Gasteiger partial charge on any atom is -0.467 e. The van der Waals surface area contributed by atoms with Crippen LogP contribution in [-0.2, 0) is 18.4 Å². The minimum atomic E-state index is -2.07. The number of methoxy groups -OCH3 is 1. The van der Waals surface area contributed by atoms with E-state index in [1.807, 2.05) is 0 Å². The van der Waals surface area contributed by atoms with E-state index in [0.717, 1.165) is 0 Å². The largest absolute Gasteiger partial charge is 0.467 e. The van der Waals surface area contributed by atoms with Crippen LogP contribution in [0, 0.1) is 5.92 Å². The van der Waals surface area contributed by atoms with Gasteiger partial charge in [-0.15, -0.1) is 0 Å². The highest BCUT2D eigenvalue weighted by atomic mass is 28.4. The van der Waals surface area contributed by atoms with Crippen LogP contribution < -0.4 is 0 Å². The third-order valence-electron chi connectivity index (χ3n) is 7.32. The van der Waals surface area contributed by atoms with Crippen molar-refractivity contribution in [3.05, 3.63) is 0 Å². The lowest BCUT2D eigenvalue weighted by atomic mass is 9.75. The minimum absolute atomic E-state index is 0.0450. The van der Waals surface area contributed by atoms with Crippen molar-refractivity contribution in [2.75, 3.05) is 7.11 Å². The van der Waals surface area contributed by atoms with E-state index >= 15 is 0 Å². The first-order valence-electron chi connectivity index (χ1n) is 10.4. The lowest BCUT2D eigenvalue weighted by Gasteiger charge is -2.50. The van der Waals surface area contributed by atoms with Gasteiger partial charge in [-0.3, -0.25) is 0 Å². The predicted molar refractivity (Wildman–Crippen MR) is 120 cm³/mol. The molecule has 4 atom stereocenters. The van der Waals surface area contributed by atoms with E-state index in [1.54, 1.807) is 0 Å². The number of hydrogen-bond acceptors (Lipinski definition) is 5. The number of ether oxygens (including phenoxy) is 1. The van der Waals surface area contributed by atoms with Gasteiger partial charge in [0.25, 0.3) is 0 Å². The number of hydrogen-bond donors (Lipinski definition) is 1. The molecule has 0 amide bonds.